The lowest BCUT2D eigenvalue weighted by atomic mass is 9.84. The molecule has 4 rings (SSSR count). The van der Waals surface area contributed by atoms with E-state index in [1.165, 1.54) is 15.4 Å². The Labute approximate surface area is 295 Å². The van der Waals surface area contributed by atoms with Crippen molar-refractivity contribution in [2.24, 2.45) is 22.4 Å². The predicted molar refractivity (Wildman–Crippen MR) is 206 cm³/mol. The van der Waals surface area contributed by atoms with E-state index in [1.54, 1.807) is 0 Å². The minimum atomic E-state index is -3.14. The summed E-state index contributed by atoms with van der Waals surface area (Å²) in [6.45, 7) is 29.5. The molecule has 0 atom stereocenters. The molecule has 8 nitrogen and oxygen atoms in total. The van der Waals surface area contributed by atoms with Gasteiger partial charge in [-0.1, -0.05) is 117 Å². The number of hydrogen-bond donors (Lipinski definition) is 1. The van der Waals surface area contributed by atoms with Crippen LogP contribution in [0.2, 0.25) is 0 Å². The van der Waals surface area contributed by atoms with Gasteiger partial charge in [0.2, 0.25) is 0 Å². The summed E-state index contributed by atoms with van der Waals surface area (Å²) in [5.74, 6) is 0.638. The molecule has 1 N–H and O–H groups in total. The third-order valence-electron chi connectivity index (χ3n) is 7.16. The molecule has 0 amide bonds. The number of carbonyl (C=O) groups excluding carboxylic acids is 1. The highest BCUT2D eigenvalue weighted by molar-refractivity contribution is 7.87. The highest BCUT2D eigenvalue weighted by Gasteiger charge is 2.27. The van der Waals surface area contributed by atoms with Crippen LogP contribution >= 0.6 is 0 Å². The van der Waals surface area contributed by atoms with Crippen LogP contribution in [-0.2, 0) is 24.6 Å². The molecule has 2 aliphatic rings. The zero-order valence-corrected chi connectivity index (χ0v) is 31.7. The molecular formula is C39H69N3O5S. The lowest BCUT2D eigenvalue weighted by Crippen LogP contribution is -2.49. The summed E-state index contributed by atoms with van der Waals surface area (Å²) in [5, 5.41) is 4.32. The first-order chi connectivity index (χ1) is 21.1. The molecule has 0 saturated carbocycles. The molecule has 9 heteroatoms. The Balaban J connectivity index is 0. The van der Waals surface area contributed by atoms with E-state index in [4.69, 9.17) is 9.57 Å². The summed E-state index contributed by atoms with van der Waals surface area (Å²) >= 11 is 0. The second-order valence-corrected chi connectivity index (χ2v) is 16.6. The van der Waals surface area contributed by atoms with E-state index >= 15 is 0 Å². The molecule has 1 aliphatic heterocycles. The van der Waals surface area contributed by atoms with E-state index in [-0.39, 0.29) is 44.5 Å². The molecule has 0 radical (unpaired) electrons. The van der Waals surface area contributed by atoms with Crippen LogP contribution in [0.3, 0.4) is 0 Å². The van der Waals surface area contributed by atoms with E-state index in [2.05, 4.69) is 80.9 Å². The maximum absolute atomic E-state index is 11.2. The number of benzene rings is 2. The van der Waals surface area contributed by atoms with Gasteiger partial charge in [0.25, 0.3) is 10.2 Å². The number of ether oxygens (including phenoxy) is 1. The van der Waals surface area contributed by atoms with Crippen molar-refractivity contribution >= 4 is 21.9 Å². The van der Waals surface area contributed by atoms with Crippen molar-refractivity contribution in [1.29, 1.82) is 0 Å². The summed E-state index contributed by atoms with van der Waals surface area (Å²) in [6, 6.07) is 16.6. The van der Waals surface area contributed by atoms with Crippen molar-refractivity contribution in [1.82, 2.24) is 9.03 Å². The molecule has 2 aromatic carbocycles. The topological polar surface area (TPSA) is 97.3 Å². The molecule has 0 aromatic heterocycles. The van der Waals surface area contributed by atoms with Crippen molar-refractivity contribution in [3.05, 3.63) is 59.7 Å². The summed E-state index contributed by atoms with van der Waals surface area (Å²) in [5.41, 5.74) is 5.87. The van der Waals surface area contributed by atoms with Crippen molar-refractivity contribution < 1.29 is 22.8 Å². The molecule has 0 bridgehead atoms. The second kappa shape index (κ2) is 20.7. The molecule has 1 fully saturated rings. The smallest absolute Gasteiger partial charge is 0.308 e. The quantitative estimate of drug-likeness (QED) is 0.205. The largest absolute Gasteiger partial charge is 0.460 e. The number of carbonyl (C=O) groups is 1. The van der Waals surface area contributed by atoms with Crippen molar-refractivity contribution in [2.45, 2.75) is 136 Å². The van der Waals surface area contributed by atoms with E-state index in [0.29, 0.717) is 18.5 Å². The molecule has 2 aromatic rings. The van der Waals surface area contributed by atoms with Gasteiger partial charge >= 0.3 is 5.97 Å². The molecule has 1 saturated heterocycles. The lowest BCUT2D eigenvalue weighted by Gasteiger charge is -2.30. The normalized spacial score (nSPS) is 13.6. The lowest BCUT2D eigenvalue weighted by molar-refractivity contribution is -0.158. The average molecular weight is 692 g/mol. The van der Waals surface area contributed by atoms with Crippen LogP contribution < -0.4 is 4.72 Å². The summed E-state index contributed by atoms with van der Waals surface area (Å²) in [6.07, 6.45) is 1.08. The SMILES string of the molecule is C.C.CC(C)C(=O)OC(C)(C)C.CC(C)C(C)(C)C.CC(C)NS(=O)(=O)N1CCC1.CC(C)ON=C1c2ccccc2-c2ccccc21. The number of fused-ring (bicyclic) bond motifs is 3. The van der Waals surface area contributed by atoms with Crippen molar-refractivity contribution in [3.8, 4) is 11.1 Å². The molecule has 276 valence electrons. The third kappa shape index (κ3) is 16.6. The fourth-order valence-corrected chi connectivity index (χ4v) is 5.05. The zero-order chi connectivity index (χ0) is 35.5. The minimum Gasteiger partial charge on any atom is -0.460 e. The summed E-state index contributed by atoms with van der Waals surface area (Å²) < 4.78 is 31.5. The first kappa shape index (κ1) is 47.4. The Hall–Kier alpha value is -2.75. The highest BCUT2D eigenvalue weighted by Crippen LogP contribution is 2.36. The Bertz CT molecular complexity index is 1320. The maximum Gasteiger partial charge on any atom is 0.308 e. The number of rotatable bonds is 6. The average Bonchev–Trinajstić information content (AvgIpc) is 3.18. The second-order valence-electron chi connectivity index (χ2n) is 14.9. The summed E-state index contributed by atoms with van der Waals surface area (Å²) in [4.78, 5) is 16.4. The van der Waals surface area contributed by atoms with Gasteiger partial charge in [-0.2, -0.15) is 17.4 Å². The molecule has 48 heavy (non-hydrogen) atoms. The van der Waals surface area contributed by atoms with Gasteiger partial charge in [-0.05, 0) is 77.3 Å². The van der Waals surface area contributed by atoms with Gasteiger partial charge in [0, 0.05) is 30.3 Å². The van der Waals surface area contributed by atoms with Gasteiger partial charge < -0.3 is 9.57 Å². The maximum atomic E-state index is 11.2. The van der Waals surface area contributed by atoms with Crippen LogP contribution in [0.5, 0.6) is 0 Å². The standard InChI is InChI=1S/C16H15NO.C8H16O2.C7H16.C6H14N2O2S.2CH4/c1-11(2)18-17-16-14-9-5-3-7-12(14)13-8-4-6-10-15(13)16;1-6(2)7(9)10-8(3,4)5;1-6(2)7(3,4)5;1-6(2)7-11(9,10)8-4-3-5-8;;/h3-11H,1-2H3;6H,1-5H3;6H,1-5H3;6-7H,3-5H2,1-2H3;2*1H4. The highest BCUT2D eigenvalue weighted by atomic mass is 32.2. The first-order valence-electron chi connectivity index (χ1n) is 16.5. The van der Waals surface area contributed by atoms with Crippen molar-refractivity contribution in [3.63, 3.8) is 0 Å². The van der Waals surface area contributed by atoms with Gasteiger partial charge in [0.15, 0.2) is 0 Å². The van der Waals surface area contributed by atoms with Crippen LogP contribution in [0.4, 0.5) is 0 Å². The number of esters is 1. The van der Waals surface area contributed by atoms with Crippen LogP contribution in [0.1, 0.15) is 129 Å². The van der Waals surface area contributed by atoms with Crippen LogP contribution in [0.15, 0.2) is 53.7 Å². The van der Waals surface area contributed by atoms with E-state index in [9.17, 15) is 13.2 Å². The van der Waals surface area contributed by atoms with Crippen LogP contribution in [-0.4, -0.2) is 55.2 Å². The Morgan fingerprint density at radius 1 is 0.771 bits per heavy atom. The Morgan fingerprint density at radius 2 is 1.17 bits per heavy atom. The number of oxime groups is 1. The van der Waals surface area contributed by atoms with Gasteiger partial charge in [0.1, 0.15) is 17.4 Å². The monoisotopic (exact) mass is 691 g/mol. The van der Waals surface area contributed by atoms with E-state index < -0.39 is 10.2 Å². The van der Waals surface area contributed by atoms with E-state index in [1.807, 2.05) is 74.4 Å². The molecule has 0 spiro atoms. The zero-order valence-electron chi connectivity index (χ0n) is 30.9. The van der Waals surface area contributed by atoms with Gasteiger partial charge in [-0.25, -0.2) is 0 Å². The minimum absolute atomic E-state index is 0. The molecule has 1 heterocycles. The number of nitrogens with zero attached hydrogens (tertiary/aromatic N) is 2. The Morgan fingerprint density at radius 3 is 1.42 bits per heavy atom. The number of nitrogens with one attached hydrogen (secondary N) is 1. The van der Waals surface area contributed by atoms with Gasteiger partial charge in [-0.15, -0.1) is 0 Å². The summed E-state index contributed by atoms with van der Waals surface area (Å²) in [7, 11) is -3.14. The number of hydrogen-bond acceptors (Lipinski definition) is 6. The fourth-order valence-electron chi connectivity index (χ4n) is 3.57. The molecule has 0 unspecified atom stereocenters. The van der Waals surface area contributed by atoms with Crippen LogP contribution in [0.25, 0.3) is 11.1 Å². The predicted octanol–water partition coefficient (Wildman–Crippen LogP) is 9.72. The fraction of sp³-hybridized carbons (Fsp3) is 0.641. The molecule has 1 aliphatic carbocycles. The van der Waals surface area contributed by atoms with Gasteiger partial charge in [-0.3, -0.25) is 4.79 Å². The Kier molecular flexibility index (Phi) is 20.4. The van der Waals surface area contributed by atoms with Crippen LogP contribution in [0, 0.1) is 17.3 Å². The van der Waals surface area contributed by atoms with E-state index in [0.717, 1.165) is 29.2 Å². The third-order valence-corrected chi connectivity index (χ3v) is 8.97. The van der Waals surface area contributed by atoms with Crippen molar-refractivity contribution in [2.75, 3.05) is 13.1 Å². The van der Waals surface area contributed by atoms with Gasteiger partial charge in [0.05, 0.1) is 5.92 Å². The first-order valence-corrected chi connectivity index (χ1v) is 17.9. The molecular weight excluding hydrogens is 623 g/mol.